The van der Waals surface area contributed by atoms with Crippen molar-refractivity contribution in [3.63, 3.8) is 0 Å². The molecule has 29 heavy (non-hydrogen) atoms. The Morgan fingerprint density at radius 2 is 1.86 bits per heavy atom. The van der Waals surface area contributed by atoms with Crippen molar-refractivity contribution in [3.8, 4) is 0 Å². The van der Waals surface area contributed by atoms with Crippen LogP contribution < -0.4 is 5.56 Å². The molecular weight excluding hydrogens is 378 g/mol. The van der Waals surface area contributed by atoms with Gasteiger partial charge in [-0.1, -0.05) is 6.07 Å². The van der Waals surface area contributed by atoms with Gasteiger partial charge in [-0.25, -0.2) is 8.78 Å². The van der Waals surface area contributed by atoms with Gasteiger partial charge in [-0.15, -0.1) is 0 Å². The van der Waals surface area contributed by atoms with Gasteiger partial charge in [-0.3, -0.25) is 14.6 Å². The van der Waals surface area contributed by atoms with Crippen LogP contribution in [0.1, 0.15) is 17.7 Å². The molecule has 0 atom stereocenters. The lowest BCUT2D eigenvalue weighted by Gasteiger charge is -2.17. The highest BCUT2D eigenvalue weighted by atomic mass is 19.1. The van der Waals surface area contributed by atoms with Gasteiger partial charge < -0.3 is 13.9 Å². The molecule has 0 N–H and O–H groups in total. The van der Waals surface area contributed by atoms with Crippen molar-refractivity contribution in [2.45, 2.75) is 26.1 Å². The van der Waals surface area contributed by atoms with Gasteiger partial charge in [-0.05, 0) is 29.8 Å². The summed E-state index contributed by atoms with van der Waals surface area (Å²) < 4.78 is 30.4. The quantitative estimate of drug-likeness (QED) is 0.537. The van der Waals surface area contributed by atoms with E-state index in [1.807, 2.05) is 12.1 Å². The SMILES string of the molecule is O=C(CCn1c(=O)c2cc(F)cn2c2ccc(F)cc21)N1Cc2cccnc2C1. The van der Waals surface area contributed by atoms with E-state index >= 15 is 0 Å². The first-order chi connectivity index (χ1) is 14.0. The predicted molar refractivity (Wildman–Crippen MR) is 102 cm³/mol. The van der Waals surface area contributed by atoms with Gasteiger partial charge in [0.1, 0.15) is 17.2 Å². The van der Waals surface area contributed by atoms with E-state index in [9.17, 15) is 18.4 Å². The average Bonchev–Trinajstić information content (AvgIpc) is 3.31. The van der Waals surface area contributed by atoms with E-state index in [0.29, 0.717) is 24.1 Å². The van der Waals surface area contributed by atoms with Crippen molar-refractivity contribution >= 4 is 22.5 Å². The highest BCUT2D eigenvalue weighted by Crippen LogP contribution is 2.22. The molecule has 0 radical (unpaired) electrons. The van der Waals surface area contributed by atoms with E-state index in [2.05, 4.69) is 4.98 Å². The molecule has 1 aromatic carbocycles. The number of carbonyl (C=O) groups excluding carboxylic acids is 1. The summed E-state index contributed by atoms with van der Waals surface area (Å²) >= 11 is 0. The molecule has 3 aromatic heterocycles. The Hall–Kier alpha value is -3.55. The average molecular weight is 394 g/mol. The van der Waals surface area contributed by atoms with Crippen LogP contribution in [0.3, 0.4) is 0 Å². The second kappa shape index (κ2) is 6.51. The zero-order valence-electron chi connectivity index (χ0n) is 15.3. The van der Waals surface area contributed by atoms with Crippen LogP contribution in [0.2, 0.25) is 0 Å². The number of carbonyl (C=O) groups is 1. The molecule has 0 bridgehead atoms. The topological polar surface area (TPSA) is 59.6 Å². The molecule has 0 saturated heterocycles. The van der Waals surface area contributed by atoms with Gasteiger partial charge in [-0.2, -0.15) is 0 Å². The summed E-state index contributed by atoms with van der Waals surface area (Å²) in [6, 6.07) is 8.90. The summed E-state index contributed by atoms with van der Waals surface area (Å²) in [4.78, 5) is 31.6. The first-order valence-corrected chi connectivity index (χ1v) is 9.21. The van der Waals surface area contributed by atoms with Crippen molar-refractivity contribution in [1.82, 2.24) is 18.9 Å². The molecule has 0 unspecified atom stereocenters. The molecule has 1 amide bonds. The lowest BCUT2D eigenvalue weighted by molar-refractivity contribution is -0.132. The Labute approximate surface area is 163 Å². The summed E-state index contributed by atoms with van der Waals surface area (Å²) in [6.07, 6.45) is 2.96. The Kier molecular flexibility index (Phi) is 3.94. The molecule has 0 fully saturated rings. The molecule has 1 aliphatic heterocycles. The molecule has 0 saturated carbocycles. The van der Waals surface area contributed by atoms with Crippen LogP contribution in [0.25, 0.3) is 16.6 Å². The second-order valence-corrected chi connectivity index (χ2v) is 7.11. The van der Waals surface area contributed by atoms with Gasteiger partial charge >= 0.3 is 0 Å². The largest absolute Gasteiger partial charge is 0.332 e. The van der Waals surface area contributed by atoms with E-state index in [1.165, 1.54) is 33.4 Å². The summed E-state index contributed by atoms with van der Waals surface area (Å²) in [5.74, 6) is -1.19. The highest BCUT2D eigenvalue weighted by molar-refractivity contribution is 5.80. The first-order valence-electron chi connectivity index (χ1n) is 9.21. The minimum absolute atomic E-state index is 0.0683. The number of aromatic nitrogens is 3. The van der Waals surface area contributed by atoms with Crippen LogP contribution >= 0.6 is 0 Å². The lowest BCUT2D eigenvalue weighted by atomic mass is 10.2. The third kappa shape index (κ3) is 2.88. The number of amides is 1. The van der Waals surface area contributed by atoms with Crippen LogP contribution in [0.5, 0.6) is 0 Å². The lowest BCUT2D eigenvalue weighted by Crippen LogP contribution is -2.29. The fraction of sp³-hybridized carbons (Fsp3) is 0.190. The number of fused-ring (bicyclic) bond motifs is 4. The number of aryl methyl sites for hydroxylation is 1. The zero-order chi connectivity index (χ0) is 20.1. The summed E-state index contributed by atoms with van der Waals surface area (Å²) in [5, 5.41) is 0. The van der Waals surface area contributed by atoms with Crippen LogP contribution in [-0.2, 0) is 24.4 Å². The molecule has 8 heteroatoms. The smallest absolute Gasteiger partial charge is 0.275 e. The molecular formula is C21H16F2N4O2. The molecule has 4 heterocycles. The maximum Gasteiger partial charge on any atom is 0.275 e. The minimum atomic E-state index is -0.552. The molecule has 146 valence electrons. The van der Waals surface area contributed by atoms with E-state index in [0.717, 1.165) is 17.3 Å². The van der Waals surface area contributed by atoms with Gasteiger partial charge in [0.25, 0.3) is 5.56 Å². The summed E-state index contributed by atoms with van der Waals surface area (Å²) in [6.45, 7) is 0.985. The Morgan fingerprint density at radius 3 is 2.69 bits per heavy atom. The monoisotopic (exact) mass is 394 g/mol. The minimum Gasteiger partial charge on any atom is -0.332 e. The number of hydrogen-bond acceptors (Lipinski definition) is 3. The third-order valence-corrected chi connectivity index (χ3v) is 5.33. The third-order valence-electron chi connectivity index (χ3n) is 5.33. The fourth-order valence-corrected chi connectivity index (χ4v) is 3.92. The number of nitrogens with zero attached hydrogens (tertiary/aromatic N) is 4. The first kappa shape index (κ1) is 17.5. The maximum atomic E-state index is 13.9. The maximum absolute atomic E-state index is 13.9. The number of hydrogen-bond donors (Lipinski definition) is 0. The fourth-order valence-electron chi connectivity index (χ4n) is 3.92. The Morgan fingerprint density at radius 1 is 1.03 bits per heavy atom. The van der Waals surface area contributed by atoms with Crippen LogP contribution in [0.15, 0.2) is 53.6 Å². The molecule has 5 rings (SSSR count). The number of benzene rings is 1. The number of rotatable bonds is 3. The predicted octanol–water partition coefficient (Wildman–Crippen LogP) is 2.86. The van der Waals surface area contributed by atoms with Crippen molar-refractivity contribution in [1.29, 1.82) is 0 Å². The summed E-state index contributed by atoms with van der Waals surface area (Å²) in [5.41, 5.74) is 2.37. The van der Waals surface area contributed by atoms with Crippen molar-refractivity contribution < 1.29 is 13.6 Å². The zero-order valence-corrected chi connectivity index (χ0v) is 15.3. The van der Waals surface area contributed by atoms with Crippen molar-refractivity contribution in [2.75, 3.05) is 0 Å². The van der Waals surface area contributed by atoms with Crippen LogP contribution in [0.4, 0.5) is 8.78 Å². The number of pyridine rings is 1. The van der Waals surface area contributed by atoms with Gasteiger partial charge in [0.05, 0.1) is 23.3 Å². The highest BCUT2D eigenvalue weighted by Gasteiger charge is 2.24. The molecule has 4 aromatic rings. The molecule has 6 nitrogen and oxygen atoms in total. The van der Waals surface area contributed by atoms with Gasteiger partial charge in [0, 0.05) is 38.0 Å². The van der Waals surface area contributed by atoms with E-state index in [1.54, 1.807) is 11.1 Å². The molecule has 0 aliphatic carbocycles. The van der Waals surface area contributed by atoms with E-state index in [-0.39, 0.29) is 24.4 Å². The summed E-state index contributed by atoms with van der Waals surface area (Å²) in [7, 11) is 0. The van der Waals surface area contributed by atoms with Crippen molar-refractivity contribution in [2.24, 2.45) is 0 Å². The van der Waals surface area contributed by atoms with E-state index in [4.69, 9.17) is 0 Å². The Balaban J connectivity index is 1.48. The number of halogens is 2. The van der Waals surface area contributed by atoms with Crippen LogP contribution in [-0.4, -0.2) is 24.8 Å². The standard InChI is InChI=1S/C21H16F2N4O2/c22-14-3-4-17-18(8-14)26(21(29)19-9-15(23)11-27(17)19)7-5-20(28)25-10-13-2-1-6-24-16(13)12-25/h1-4,6,8-9,11H,5,7,10,12H2. The van der Waals surface area contributed by atoms with E-state index < -0.39 is 17.2 Å². The van der Waals surface area contributed by atoms with Crippen molar-refractivity contribution in [3.05, 3.63) is 82.0 Å². The van der Waals surface area contributed by atoms with Gasteiger partial charge in [0.15, 0.2) is 0 Å². The Bertz CT molecular complexity index is 1320. The molecule has 1 aliphatic rings. The van der Waals surface area contributed by atoms with Gasteiger partial charge in [0.2, 0.25) is 5.91 Å². The normalized spacial score (nSPS) is 13.4. The second-order valence-electron chi connectivity index (χ2n) is 7.11. The van der Waals surface area contributed by atoms with Crippen LogP contribution in [0, 0.1) is 11.6 Å². The molecule has 0 spiro atoms.